The fourth-order valence-electron chi connectivity index (χ4n) is 4.72. The highest BCUT2D eigenvalue weighted by Crippen LogP contribution is 2.35. The third kappa shape index (κ3) is 2.56. The summed E-state index contributed by atoms with van der Waals surface area (Å²) in [6.07, 6.45) is 1.68. The van der Waals surface area contributed by atoms with E-state index in [0.29, 0.717) is 38.3 Å². The SMILES string of the molecule is O=C(c1ccco1)N1C[C@@H]2C[C@H]1CN2C(=O)c1c(C(F)F)nc2n1CCCC2. The molecule has 148 valence electrons. The van der Waals surface area contributed by atoms with E-state index in [2.05, 4.69) is 4.98 Å². The molecule has 0 aromatic carbocycles. The first kappa shape index (κ1) is 17.4. The Bertz CT molecular complexity index is 924. The number of hydrogen-bond donors (Lipinski definition) is 0. The Hall–Kier alpha value is -2.71. The van der Waals surface area contributed by atoms with Crippen LogP contribution in [0.3, 0.4) is 0 Å². The molecule has 2 bridgehead atoms. The van der Waals surface area contributed by atoms with Gasteiger partial charge in [-0.2, -0.15) is 0 Å². The Kier molecular flexibility index (Phi) is 3.99. The first-order valence-electron chi connectivity index (χ1n) is 9.57. The van der Waals surface area contributed by atoms with Crippen LogP contribution in [0.15, 0.2) is 22.8 Å². The summed E-state index contributed by atoms with van der Waals surface area (Å²) in [6.45, 7) is 1.28. The van der Waals surface area contributed by atoms with Crippen LogP contribution in [-0.2, 0) is 13.0 Å². The van der Waals surface area contributed by atoms with Gasteiger partial charge in [0.1, 0.15) is 17.2 Å². The second-order valence-corrected chi connectivity index (χ2v) is 7.61. The minimum atomic E-state index is -2.78. The summed E-state index contributed by atoms with van der Waals surface area (Å²) in [6, 6.07) is 2.98. The summed E-state index contributed by atoms with van der Waals surface area (Å²) < 4.78 is 34.0. The Morgan fingerprint density at radius 2 is 1.89 bits per heavy atom. The summed E-state index contributed by atoms with van der Waals surface area (Å²) in [5.74, 6) is 0.257. The van der Waals surface area contributed by atoms with E-state index in [1.807, 2.05) is 0 Å². The fourth-order valence-corrected chi connectivity index (χ4v) is 4.72. The lowest BCUT2D eigenvalue weighted by Crippen LogP contribution is -2.51. The van der Waals surface area contributed by atoms with E-state index in [9.17, 15) is 18.4 Å². The number of halogens is 2. The molecule has 2 fully saturated rings. The zero-order valence-corrected chi connectivity index (χ0v) is 15.2. The first-order chi connectivity index (χ1) is 13.5. The van der Waals surface area contributed by atoms with Crippen molar-refractivity contribution in [1.29, 1.82) is 0 Å². The van der Waals surface area contributed by atoms with Crippen molar-refractivity contribution in [2.24, 2.45) is 0 Å². The summed E-state index contributed by atoms with van der Waals surface area (Å²) in [4.78, 5) is 33.2. The summed E-state index contributed by atoms with van der Waals surface area (Å²) in [7, 11) is 0. The molecular formula is C19H20F2N4O3. The molecule has 7 nitrogen and oxygen atoms in total. The summed E-state index contributed by atoms with van der Waals surface area (Å²) in [5, 5.41) is 0. The molecule has 5 rings (SSSR count). The molecule has 2 aromatic rings. The predicted octanol–water partition coefficient (Wildman–Crippen LogP) is 2.49. The molecular weight excluding hydrogens is 370 g/mol. The molecule has 0 radical (unpaired) electrons. The van der Waals surface area contributed by atoms with Crippen molar-refractivity contribution in [3.8, 4) is 0 Å². The molecule has 0 saturated carbocycles. The van der Waals surface area contributed by atoms with E-state index in [-0.39, 0.29) is 29.4 Å². The number of piperazine rings is 1. The van der Waals surface area contributed by atoms with Gasteiger partial charge in [0, 0.05) is 26.1 Å². The van der Waals surface area contributed by atoms with E-state index >= 15 is 0 Å². The number of imidazole rings is 1. The third-order valence-electron chi connectivity index (χ3n) is 6.01. The summed E-state index contributed by atoms with van der Waals surface area (Å²) >= 11 is 0. The predicted molar refractivity (Wildman–Crippen MR) is 93.1 cm³/mol. The van der Waals surface area contributed by atoms with Crippen molar-refractivity contribution in [3.05, 3.63) is 41.4 Å². The van der Waals surface area contributed by atoms with E-state index < -0.39 is 18.0 Å². The molecule has 9 heteroatoms. The zero-order chi connectivity index (χ0) is 19.4. The van der Waals surface area contributed by atoms with Gasteiger partial charge < -0.3 is 18.8 Å². The van der Waals surface area contributed by atoms with Gasteiger partial charge in [-0.15, -0.1) is 0 Å². The van der Waals surface area contributed by atoms with Crippen molar-refractivity contribution < 1.29 is 22.8 Å². The van der Waals surface area contributed by atoms with Crippen LogP contribution < -0.4 is 0 Å². The maximum Gasteiger partial charge on any atom is 0.289 e. The van der Waals surface area contributed by atoms with Crippen molar-refractivity contribution in [1.82, 2.24) is 19.4 Å². The molecule has 0 spiro atoms. The van der Waals surface area contributed by atoms with Crippen LogP contribution in [0.2, 0.25) is 0 Å². The van der Waals surface area contributed by atoms with E-state index in [1.165, 1.54) is 6.26 Å². The number of hydrogen-bond acceptors (Lipinski definition) is 4. The van der Waals surface area contributed by atoms with Gasteiger partial charge in [-0.3, -0.25) is 9.59 Å². The topological polar surface area (TPSA) is 71.6 Å². The average Bonchev–Trinajstić information content (AvgIpc) is 3.48. The highest BCUT2D eigenvalue weighted by molar-refractivity contribution is 5.96. The van der Waals surface area contributed by atoms with Crippen LogP contribution in [0, 0.1) is 0 Å². The fraction of sp³-hybridized carbons (Fsp3) is 0.526. The van der Waals surface area contributed by atoms with E-state index in [0.717, 1.165) is 12.8 Å². The molecule has 2 atom stereocenters. The molecule has 28 heavy (non-hydrogen) atoms. The van der Waals surface area contributed by atoms with Gasteiger partial charge in [-0.25, -0.2) is 13.8 Å². The van der Waals surface area contributed by atoms with E-state index in [4.69, 9.17) is 4.42 Å². The number of aromatic nitrogens is 2. The number of carbonyl (C=O) groups excluding carboxylic acids is 2. The highest BCUT2D eigenvalue weighted by atomic mass is 19.3. The molecule has 0 N–H and O–H groups in total. The summed E-state index contributed by atoms with van der Waals surface area (Å²) in [5.41, 5.74) is -0.380. The van der Waals surface area contributed by atoms with Crippen LogP contribution in [0.5, 0.6) is 0 Å². The number of alkyl halides is 2. The Morgan fingerprint density at radius 1 is 1.14 bits per heavy atom. The van der Waals surface area contributed by atoms with Gasteiger partial charge in [-0.1, -0.05) is 0 Å². The lowest BCUT2D eigenvalue weighted by Gasteiger charge is -2.34. The minimum Gasteiger partial charge on any atom is -0.459 e. The van der Waals surface area contributed by atoms with Crippen molar-refractivity contribution in [3.63, 3.8) is 0 Å². The van der Waals surface area contributed by atoms with Crippen LogP contribution in [-0.4, -0.2) is 56.3 Å². The molecule has 2 aromatic heterocycles. The number of amides is 2. The molecule has 2 saturated heterocycles. The normalized spacial score (nSPS) is 23.5. The van der Waals surface area contributed by atoms with Gasteiger partial charge in [-0.05, 0) is 31.4 Å². The second kappa shape index (κ2) is 6.42. The van der Waals surface area contributed by atoms with Gasteiger partial charge in [0.15, 0.2) is 5.76 Å². The van der Waals surface area contributed by atoms with Crippen molar-refractivity contribution in [2.75, 3.05) is 13.1 Å². The first-order valence-corrected chi connectivity index (χ1v) is 9.57. The molecule has 0 aliphatic carbocycles. The maximum absolute atomic E-state index is 13.6. The number of fused-ring (bicyclic) bond motifs is 3. The quantitative estimate of drug-likeness (QED) is 0.807. The Labute approximate surface area is 159 Å². The largest absolute Gasteiger partial charge is 0.459 e. The number of carbonyl (C=O) groups is 2. The van der Waals surface area contributed by atoms with Gasteiger partial charge in [0.05, 0.1) is 18.3 Å². The van der Waals surface area contributed by atoms with Crippen molar-refractivity contribution >= 4 is 11.8 Å². The van der Waals surface area contributed by atoms with Crippen LogP contribution >= 0.6 is 0 Å². The van der Waals surface area contributed by atoms with Gasteiger partial charge in [0.25, 0.3) is 18.2 Å². The monoisotopic (exact) mass is 390 g/mol. The minimum absolute atomic E-state index is 0.0289. The van der Waals surface area contributed by atoms with Gasteiger partial charge in [0.2, 0.25) is 0 Å². The molecule has 2 amide bonds. The molecule has 3 aliphatic rings. The van der Waals surface area contributed by atoms with Crippen LogP contribution in [0.1, 0.15) is 58.2 Å². The maximum atomic E-state index is 13.6. The lowest BCUT2D eigenvalue weighted by molar-refractivity contribution is 0.0498. The van der Waals surface area contributed by atoms with E-state index in [1.54, 1.807) is 26.5 Å². The molecule has 3 aliphatic heterocycles. The lowest BCUT2D eigenvalue weighted by atomic mass is 10.1. The van der Waals surface area contributed by atoms with Crippen molar-refractivity contribution in [2.45, 2.75) is 50.7 Å². The average molecular weight is 390 g/mol. The second-order valence-electron chi connectivity index (χ2n) is 7.61. The highest BCUT2D eigenvalue weighted by Gasteiger charge is 2.49. The molecule has 5 heterocycles. The Morgan fingerprint density at radius 3 is 2.54 bits per heavy atom. The Balaban J connectivity index is 1.39. The zero-order valence-electron chi connectivity index (χ0n) is 15.2. The van der Waals surface area contributed by atoms with Gasteiger partial charge >= 0.3 is 0 Å². The van der Waals surface area contributed by atoms with Crippen LogP contribution in [0.4, 0.5) is 8.78 Å². The number of likely N-dealkylation sites (tertiary alicyclic amines) is 2. The number of nitrogens with zero attached hydrogens (tertiary/aromatic N) is 4. The number of rotatable bonds is 3. The van der Waals surface area contributed by atoms with Crippen LogP contribution in [0.25, 0.3) is 0 Å². The number of furan rings is 1. The number of aryl methyl sites for hydroxylation is 1. The third-order valence-corrected chi connectivity index (χ3v) is 6.01. The molecule has 0 unspecified atom stereocenters. The smallest absolute Gasteiger partial charge is 0.289 e. The standard InChI is InChI=1S/C19H20F2N4O3/c20-17(21)15-16(23-6-2-1-5-14(23)22-15)19(27)25-10-11-8-12(25)9-24(11)18(26)13-4-3-7-28-13/h3-4,7,11-12,17H,1-2,5-6,8-10H2/t11-,12-/m0/s1.